The van der Waals surface area contributed by atoms with Crippen LogP contribution in [0.2, 0.25) is 10.0 Å². The van der Waals surface area contributed by atoms with E-state index in [4.69, 9.17) is 37.1 Å². The van der Waals surface area contributed by atoms with E-state index in [9.17, 15) is 19.1 Å². The summed E-state index contributed by atoms with van der Waals surface area (Å²) >= 11 is 11.5. The maximum atomic E-state index is 14.1. The van der Waals surface area contributed by atoms with Gasteiger partial charge in [-0.3, -0.25) is 0 Å². The van der Waals surface area contributed by atoms with Crippen LogP contribution in [-0.4, -0.2) is 17.0 Å². The lowest BCUT2D eigenvalue weighted by Crippen LogP contribution is -2.11. The van der Waals surface area contributed by atoms with Crippen molar-refractivity contribution in [2.24, 2.45) is 0 Å². The molecule has 3 aromatic rings. The Morgan fingerprint density at radius 2 is 1.43 bits per heavy atom. The fourth-order valence-corrected chi connectivity index (χ4v) is 2.41. The van der Waals surface area contributed by atoms with Gasteiger partial charge in [0.05, 0.1) is 11.1 Å². The number of esters is 2. The predicted octanol–water partition coefficient (Wildman–Crippen LogP) is 5.01. The molecule has 0 aliphatic rings. The van der Waals surface area contributed by atoms with E-state index in [1.807, 2.05) is 0 Å². The first-order valence-corrected chi connectivity index (χ1v) is 8.51. The Morgan fingerprint density at radius 1 is 0.929 bits per heavy atom. The zero-order valence-electron chi connectivity index (χ0n) is 13.9. The lowest BCUT2D eigenvalue weighted by molar-refractivity contribution is 0.0435. The highest BCUT2D eigenvalue weighted by atomic mass is 35.5. The van der Waals surface area contributed by atoms with E-state index in [0.29, 0.717) is 10.0 Å². The second-order valence-electron chi connectivity index (χ2n) is 5.45. The molecule has 2 aromatic carbocycles. The van der Waals surface area contributed by atoms with Crippen LogP contribution in [0.4, 0.5) is 4.39 Å². The fourth-order valence-electron chi connectivity index (χ4n) is 2.16. The molecule has 0 saturated heterocycles. The summed E-state index contributed by atoms with van der Waals surface area (Å²) < 4.78 is 28.8. The number of halogens is 3. The van der Waals surface area contributed by atoms with Crippen molar-refractivity contribution in [3.05, 3.63) is 81.3 Å². The number of aromatic hydroxyl groups is 1. The van der Waals surface area contributed by atoms with Crippen LogP contribution < -0.4 is 4.74 Å². The number of carbonyl (C=O) groups is 2. The molecule has 1 heterocycles. The van der Waals surface area contributed by atoms with Gasteiger partial charge in [-0.1, -0.05) is 23.2 Å². The van der Waals surface area contributed by atoms with Crippen molar-refractivity contribution in [1.82, 2.24) is 0 Å². The largest absolute Gasteiger partial charge is 0.478 e. The van der Waals surface area contributed by atoms with Crippen molar-refractivity contribution in [2.75, 3.05) is 0 Å². The normalized spacial score (nSPS) is 10.5. The number of rotatable bonds is 5. The monoisotopic (exact) mass is 424 g/mol. The van der Waals surface area contributed by atoms with Crippen molar-refractivity contribution in [3.8, 4) is 11.7 Å². The summed E-state index contributed by atoms with van der Waals surface area (Å²) in [5, 5.41) is 10.3. The molecular formula is C19H11Cl2FO6. The van der Waals surface area contributed by atoms with Crippen LogP contribution in [0.15, 0.2) is 52.9 Å². The second kappa shape index (κ2) is 8.33. The average Bonchev–Trinajstić information content (AvgIpc) is 2.95. The van der Waals surface area contributed by atoms with Crippen LogP contribution in [0.1, 0.15) is 26.5 Å². The number of carbonyl (C=O) groups excluding carboxylic acids is 2. The molecule has 1 N–H and O–H groups in total. The maximum Gasteiger partial charge on any atom is 0.343 e. The summed E-state index contributed by atoms with van der Waals surface area (Å²) in [6.07, 6.45) is 0. The molecule has 0 unspecified atom stereocenters. The molecule has 3 rings (SSSR count). The SMILES string of the molecule is O=C(OCc1oc(O)c(F)c1OC(=O)c1ccc(Cl)cc1)c1ccc(Cl)cc1. The number of hydrogen-bond acceptors (Lipinski definition) is 6. The summed E-state index contributed by atoms with van der Waals surface area (Å²) in [5.74, 6) is -5.11. The molecule has 144 valence electrons. The lowest BCUT2D eigenvalue weighted by atomic mass is 10.2. The van der Waals surface area contributed by atoms with E-state index >= 15 is 0 Å². The fraction of sp³-hybridized carbons (Fsp3) is 0.0526. The Kier molecular flexibility index (Phi) is 5.87. The molecule has 0 spiro atoms. The third kappa shape index (κ3) is 4.44. The van der Waals surface area contributed by atoms with Crippen LogP contribution in [0.5, 0.6) is 11.7 Å². The van der Waals surface area contributed by atoms with Crippen molar-refractivity contribution in [1.29, 1.82) is 0 Å². The second-order valence-corrected chi connectivity index (χ2v) is 6.33. The molecule has 0 atom stereocenters. The average molecular weight is 425 g/mol. The highest BCUT2D eigenvalue weighted by Gasteiger charge is 2.26. The van der Waals surface area contributed by atoms with Gasteiger partial charge in [0.15, 0.2) is 12.4 Å². The summed E-state index contributed by atoms with van der Waals surface area (Å²) in [6, 6.07) is 11.5. The molecule has 0 aliphatic heterocycles. The molecule has 0 saturated carbocycles. The van der Waals surface area contributed by atoms with E-state index in [-0.39, 0.29) is 16.9 Å². The van der Waals surface area contributed by atoms with Gasteiger partial charge < -0.3 is 19.0 Å². The zero-order chi connectivity index (χ0) is 20.3. The Bertz CT molecular complexity index is 1010. The van der Waals surface area contributed by atoms with E-state index in [2.05, 4.69) is 0 Å². The van der Waals surface area contributed by atoms with E-state index in [0.717, 1.165) is 0 Å². The molecule has 0 radical (unpaired) electrons. The van der Waals surface area contributed by atoms with Gasteiger partial charge in [0.1, 0.15) is 0 Å². The molecule has 9 heteroatoms. The zero-order valence-corrected chi connectivity index (χ0v) is 15.5. The maximum absolute atomic E-state index is 14.1. The van der Waals surface area contributed by atoms with Gasteiger partial charge in [-0.25, -0.2) is 9.59 Å². The van der Waals surface area contributed by atoms with Crippen LogP contribution in [-0.2, 0) is 11.3 Å². The number of furan rings is 1. The van der Waals surface area contributed by atoms with Gasteiger partial charge in [-0.15, -0.1) is 0 Å². The highest BCUT2D eigenvalue weighted by Crippen LogP contribution is 2.34. The van der Waals surface area contributed by atoms with Gasteiger partial charge in [0.2, 0.25) is 11.6 Å². The molecule has 1 aromatic heterocycles. The first kappa shape index (κ1) is 19.7. The highest BCUT2D eigenvalue weighted by molar-refractivity contribution is 6.31. The Hall–Kier alpha value is -3.03. The van der Waals surface area contributed by atoms with Crippen LogP contribution in [0.3, 0.4) is 0 Å². The van der Waals surface area contributed by atoms with E-state index < -0.39 is 36.1 Å². The van der Waals surface area contributed by atoms with Gasteiger partial charge >= 0.3 is 17.9 Å². The van der Waals surface area contributed by atoms with E-state index in [1.54, 1.807) is 0 Å². The van der Waals surface area contributed by atoms with Gasteiger partial charge in [-0.05, 0) is 48.5 Å². The minimum atomic E-state index is -1.29. The summed E-state index contributed by atoms with van der Waals surface area (Å²) in [4.78, 5) is 24.2. The van der Waals surface area contributed by atoms with E-state index in [1.165, 1.54) is 48.5 Å². The minimum absolute atomic E-state index is 0.0913. The molecule has 0 aliphatic carbocycles. The minimum Gasteiger partial charge on any atom is -0.478 e. The van der Waals surface area contributed by atoms with Crippen molar-refractivity contribution in [2.45, 2.75) is 6.61 Å². The standard InChI is InChI=1S/C19H11Cl2FO6/c20-12-5-1-10(2-6-12)17(23)26-9-14-16(15(22)19(25)27-14)28-18(24)11-3-7-13(21)8-4-11/h1-8,25H,9H2. The molecule has 0 amide bonds. The third-order valence-electron chi connectivity index (χ3n) is 3.55. The first-order chi connectivity index (χ1) is 13.3. The van der Waals surface area contributed by atoms with Crippen LogP contribution in [0.25, 0.3) is 0 Å². The topological polar surface area (TPSA) is 86.0 Å². The molecular weight excluding hydrogens is 414 g/mol. The predicted molar refractivity (Wildman–Crippen MR) is 97.3 cm³/mol. The Morgan fingerprint density at radius 3 is 1.96 bits per heavy atom. The molecule has 0 fully saturated rings. The molecule has 6 nitrogen and oxygen atoms in total. The van der Waals surface area contributed by atoms with Gasteiger partial charge in [0, 0.05) is 10.0 Å². The summed E-state index contributed by atoms with van der Waals surface area (Å²) in [6.45, 7) is -0.581. The summed E-state index contributed by atoms with van der Waals surface area (Å²) in [5.41, 5.74) is 0.286. The number of hydrogen-bond donors (Lipinski definition) is 1. The first-order valence-electron chi connectivity index (χ1n) is 7.75. The third-order valence-corrected chi connectivity index (χ3v) is 4.05. The summed E-state index contributed by atoms with van der Waals surface area (Å²) in [7, 11) is 0. The molecule has 28 heavy (non-hydrogen) atoms. The Labute approximate surface area is 168 Å². The van der Waals surface area contributed by atoms with Gasteiger partial charge in [0.25, 0.3) is 0 Å². The van der Waals surface area contributed by atoms with Gasteiger partial charge in [-0.2, -0.15) is 4.39 Å². The smallest absolute Gasteiger partial charge is 0.343 e. The van der Waals surface area contributed by atoms with Crippen LogP contribution in [0, 0.1) is 5.82 Å². The van der Waals surface area contributed by atoms with Crippen molar-refractivity contribution in [3.63, 3.8) is 0 Å². The molecule has 0 bridgehead atoms. The quantitative estimate of drug-likeness (QED) is 0.579. The number of benzene rings is 2. The van der Waals surface area contributed by atoms with Crippen molar-refractivity contribution >= 4 is 35.1 Å². The Balaban J connectivity index is 1.74. The number of ether oxygens (including phenoxy) is 2. The lowest BCUT2D eigenvalue weighted by Gasteiger charge is -2.06. The van der Waals surface area contributed by atoms with Crippen molar-refractivity contribution < 1.29 is 33.0 Å². The van der Waals surface area contributed by atoms with Crippen LogP contribution >= 0.6 is 23.2 Å².